The van der Waals surface area contributed by atoms with E-state index in [1.165, 1.54) is 0 Å². The summed E-state index contributed by atoms with van der Waals surface area (Å²) in [4.78, 5) is 4.32. The minimum atomic E-state index is -0.282. The molecule has 0 aliphatic rings. The minimum absolute atomic E-state index is 0.282. The second-order valence-electron chi connectivity index (χ2n) is 4.81. The lowest BCUT2D eigenvalue weighted by Crippen LogP contribution is -2.44. The van der Waals surface area contributed by atoms with Crippen molar-refractivity contribution in [3.05, 3.63) is 34.9 Å². The number of hydrogen-bond donors (Lipinski definition) is 1. The molecule has 0 bridgehead atoms. The first-order chi connectivity index (χ1) is 9.09. The molecule has 1 aromatic carbocycles. The van der Waals surface area contributed by atoms with Crippen LogP contribution in [0.4, 0.5) is 0 Å². The molecule has 0 radical (unpaired) electrons. The second kappa shape index (κ2) is 5.88. The molecule has 1 heterocycles. The second-order valence-corrected chi connectivity index (χ2v) is 5.66. The molecule has 0 aliphatic heterocycles. The van der Waals surface area contributed by atoms with E-state index in [-0.39, 0.29) is 5.54 Å². The third kappa shape index (κ3) is 3.07. The third-order valence-electron chi connectivity index (χ3n) is 3.62. The smallest absolute Gasteiger partial charge is 0.221 e. The molecule has 0 saturated heterocycles. The van der Waals surface area contributed by atoms with Crippen molar-refractivity contribution < 1.29 is 4.74 Å². The van der Waals surface area contributed by atoms with Gasteiger partial charge in [0.1, 0.15) is 6.61 Å². The van der Waals surface area contributed by atoms with Crippen LogP contribution in [-0.2, 0) is 0 Å². The van der Waals surface area contributed by atoms with Crippen molar-refractivity contribution >= 4 is 26.7 Å². The van der Waals surface area contributed by atoms with E-state index >= 15 is 0 Å². The first-order valence-corrected chi connectivity index (χ1v) is 7.34. The van der Waals surface area contributed by atoms with E-state index in [0.717, 1.165) is 28.1 Å². The zero-order valence-electron chi connectivity index (χ0n) is 11.3. The summed E-state index contributed by atoms with van der Waals surface area (Å²) in [6.07, 6.45) is 3.54. The van der Waals surface area contributed by atoms with Gasteiger partial charge in [0.2, 0.25) is 5.88 Å². The van der Waals surface area contributed by atoms with Crippen LogP contribution in [0.25, 0.3) is 10.8 Å². The normalized spacial score (nSPS) is 11.8. The van der Waals surface area contributed by atoms with Crippen molar-refractivity contribution in [1.29, 1.82) is 0 Å². The maximum Gasteiger partial charge on any atom is 0.221 e. The van der Waals surface area contributed by atoms with Gasteiger partial charge in [-0.15, -0.1) is 0 Å². The zero-order chi connectivity index (χ0) is 13.9. The number of halogens is 1. The Morgan fingerprint density at radius 3 is 2.63 bits per heavy atom. The molecule has 2 rings (SSSR count). The molecule has 0 spiro atoms. The van der Waals surface area contributed by atoms with Crippen LogP contribution >= 0.6 is 15.9 Å². The van der Waals surface area contributed by atoms with Crippen molar-refractivity contribution in [3.63, 3.8) is 0 Å². The predicted octanol–water partition coefficient (Wildman–Crippen LogP) is 3.89. The highest BCUT2D eigenvalue weighted by molar-refractivity contribution is 9.10. The number of rotatable bonds is 5. The predicted molar refractivity (Wildman–Crippen MR) is 82.4 cm³/mol. The summed E-state index contributed by atoms with van der Waals surface area (Å²) < 4.78 is 6.91. The van der Waals surface area contributed by atoms with Crippen molar-refractivity contribution in [2.75, 3.05) is 6.61 Å². The minimum Gasteiger partial charge on any atom is -0.475 e. The van der Waals surface area contributed by atoms with Gasteiger partial charge in [0.25, 0.3) is 0 Å². The molecule has 1 aromatic heterocycles. The fourth-order valence-electron chi connectivity index (χ4n) is 1.92. The maximum absolute atomic E-state index is 6.26. The van der Waals surface area contributed by atoms with Gasteiger partial charge in [0.05, 0.1) is 0 Å². The highest BCUT2D eigenvalue weighted by atomic mass is 79.9. The fraction of sp³-hybridized carbons (Fsp3) is 0.400. The molecule has 0 saturated carbocycles. The molecule has 0 unspecified atom stereocenters. The van der Waals surface area contributed by atoms with Crippen molar-refractivity contribution in [2.24, 2.45) is 5.73 Å². The summed E-state index contributed by atoms with van der Waals surface area (Å²) in [6, 6.07) is 7.98. The van der Waals surface area contributed by atoms with E-state index in [1.807, 2.05) is 24.3 Å². The molecule has 0 amide bonds. The van der Waals surface area contributed by atoms with E-state index in [2.05, 4.69) is 34.8 Å². The van der Waals surface area contributed by atoms with Gasteiger partial charge in [-0.2, -0.15) is 0 Å². The van der Waals surface area contributed by atoms with Gasteiger partial charge in [-0.25, -0.2) is 4.98 Å². The highest BCUT2D eigenvalue weighted by Crippen LogP contribution is 2.29. The van der Waals surface area contributed by atoms with Gasteiger partial charge in [-0.1, -0.05) is 35.8 Å². The standard InChI is InChI=1S/C15H19BrN2O/c1-3-15(17,4-2)10-19-14-12-6-5-7-13(16)11(12)8-9-18-14/h5-9H,3-4,10,17H2,1-2H3. The lowest BCUT2D eigenvalue weighted by Gasteiger charge is -2.26. The fourth-order valence-corrected chi connectivity index (χ4v) is 2.42. The van der Waals surface area contributed by atoms with Gasteiger partial charge in [-0.3, -0.25) is 0 Å². The molecule has 2 aromatic rings. The van der Waals surface area contributed by atoms with Crippen molar-refractivity contribution in [3.8, 4) is 5.88 Å². The van der Waals surface area contributed by atoms with Crippen LogP contribution in [0.1, 0.15) is 26.7 Å². The van der Waals surface area contributed by atoms with E-state index in [4.69, 9.17) is 10.5 Å². The van der Waals surface area contributed by atoms with Gasteiger partial charge in [-0.05, 0) is 31.0 Å². The summed E-state index contributed by atoms with van der Waals surface area (Å²) >= 11 is 3.54. The number of nitrogens with zero attached hydrogens (tertiary/aromatic N) is 1. The third-order valence-corrected chi connectivity index (χ3v) is 4.31. The zero-order valence-corrected chi connectivity index (χ0v) is 12.9. The Hall–Kier alpha value is -1.13. The average molecular weight is 323 g/mol. The van der Waals surface area contributed by atoms with Gasteiger partial charge >= 0.3 is 0 Å². The SMILES string of the molecule is CCC(N)(CC)COc1nccc2c(Br)cccc12. The summed E-state index contributed by atoms with van der Waals surface area (Å²) in [5, 5.41) is 2.11. The quantitative estimate of drug-likeness (QED) is 0.908. The first-order valence-electron chi connectivity index (χ1n) is 6.54. The maximum atomic E-state index is 6.26. The summed E-state index contributed by atoms with van der Waals surface area (Å²) in [7, 11) is 0. The van der Waals surface area contributed by atoms with Crippen LogP contribution in [0.5, 0.6) is 5.88 Å². The Balaban J connectivity index is 2.29. The molecule has 0 aliphatic carbocycles. The largest absolute Gasteiger partial charge is 0.475 e. The number of pyridine rings is 1. The molecule has 4 heteroatoms. The van der Waals surface area contributed by atoms with Crippen molar-refractivity contribution in [2.45, 2.75) is 32.2 Å². The van der Waals surface area contributed by atoms with Crippen LogP contribution in [0.3, 0.4) is 0 Å². The molecule has 0 fully saturated rings. The van der Waals surface area contributed by atoms with Gasteiger partial charge in [0, 0.05) is 27.0 Å². The summed E-state index contributed by atoms with van der Waals surface area (Å²) in [5.74, 6) is 0.649. The Morgan fingerprint density at radius 1 is 1.21 bits per heavy atom. The number of hydrogen-bond acceptors (Lipinski definition) is 3. The number of fused-ring (bicyclic) bond motifs is 1. The Bertz CT molecular complexity index is 567. The van der Waals surface area contributed by atoms with Crippen LogP contribution in [-0.4, -0.2) is 17.1 Å². The topological polar surface area (TPSA) is 48.1 Å². The van der Waals surface area contributed by atoms with Crippen LogP contribution in [0.15, 0.2) is 34.9 Å². The van der Waals surface area contributed by atoms with Crippen LogP contribution < -0.4 is 10.5 Å². The van der Waals surface area contributed by atoms with E-state index in [9.17, 15) is 0 Å². The highest BCUT2D eigenvalue weighted by Gasteiger charge is 2.21. The lowest BCUT2D eigenvalue weighted by molar-refractivity contribution is 0.203. The summed E-state index contributed by atoms with van der Waals surface area (Å²) in [5.41, 5.74) is 5.97. The molecular formula is C15H19BrN2O. The first kappa shape index (κ1) is 14.3. The van der Waals surface area contributed by atoms with Crippen molar-refractivity contribution in [1.82, 2.24) is 4.98 Å². The van der Waals surface area contributed by atoms with Gasteiger partial charge < -0.3 is 10.5 Å². The van der Waals surface area contributed by atoms with E-state index in [1.54, 1.807) is 6.20 Å². The average Bonchev–Trinajstić information content (AvgIpc) is 2.45. The molecule has 0 atom stereocenters. The number of ether oxygens (including phenoxy) is 1. The summed E-state index contributed by atoms with van der Waals surface area (Å²) in [6.45, 7) is 4.65. The van der Waals surface area contributed by atoms with E-state index < -0.39 is 0 Å². The van der Waals surface area contributed by atoms with E-state index in [0.29, 0.717) is 12.5 Å². The number of benzene rings is 1. The molecule has 102 valence electrons. The Labute approximate surface area is 122 Å². The molecule has 19 heavy (non-hydrogen) atoms. The number of nitrogens with two attached hydrogens (primary N) is 1. The Morgan fingerprint density at radius 2 is 1.95 bits per heavy atom. The number of aromatic nitrogens is 1. The monoisotopic (exact) mass is 322 g/mol. The lowest BCUT2D eigenvalue weighted by atomic mass is 9.96. The molecule has 2 N–H and O–H groups in total. The van der Waals surface area contributed by atoms with Crippen LogP contribution in [0.2, 0.25) is 0 Å². The van der Waals surface area contributed by atoms with Crippen LogP contribution in [0, 0.1) is 0 Å². The Kier molecular flexibility index (Phi) is 4.42. The molecule has 3 nitrogen and oxygen atoms in total. The van der Waals surface area contributed by atoms with Gasteiger partial charge in [0.15, 0.2) is 0 Å². The molecular weight excluding hydrogens is 304 g/mol.